The number of furan rings is 1. The van der Waals surface area contributed by atoms with Crippen molar-refractivity contribution in [2.45, 2.75) is 38.9 Å². The summed E-state index contributed by atoms with van der Waals surface area (Å²) in [6, 6.07) is 3.86. The van der Waals surface area contributed by atoms with Crippen molar-refractivity contribution in [3.63, 3.8) is 0 Å². The minimum absolute atomic E-state index is 0.449. The van der Waals surface area contributed by atoms with Crippen LogP contribution in [-0.4, -0.2) is 6.10 Å². The third kappa shape index (κ3) is 2.13. The van der Waals surface area contributed by atoms with Crippen molar-refractivity contribution >= 4 is 0 Å². The highest BCUT2D eigenvalue weighted by molar-refractivity contribution is 4.96. The molecule has 1 aliphatic rings. The fourth-order valence-corrected chi connectivity index (χ4v) is 1.94. The van der Waals surface area contributed by atoms with Gasteiger partial charge in [0.2, 0.25) is 0 Å². The average Bonchev–Trinajstić information content (AvgIpc) is 2.72. The van der Waals surface area contributed by atoms with Crippen LogP contribution in [0.3, 0.4) is 0 Å². The van der Waals surface area contributed by atoms with Crippen LogP contribution in [0.1, 0.15) is 31.9 Å². The van der Waals surface area contributed by atoms with Gasteiger partial charge in [0.15, 0.2) is 0 Å². The maximum atomic E-state index is 5.77. The number of hydrogen-bond donors (Lipinski definition) is 0. The number of ether oxygens (including phenoxy) is 1. The minimum Gasteiger partial charge on any atom is -0.467 e. The van der Waals surface area contributed by atoms with Crippen molar-refractivity contribution in [3.05, 3.63) is 24.2 Å². The Morgan fingerprint density at radius 2 is 2.46 bits per heavy atom. The van der Waals surface area contributed by atoms with Crippen LogP contribution in [0.5, 0.6) is 0 Å². The summed E-state index contributed by atoms with van der Waals surface area (Å²) in [4.78, 5) is 0. The summed E-state index contributed by atoms with van der Waals surface area (Å²) in [7, 11) is 0. The van der Waals surface area contributed by atoms with Crippen LogP contribution in [0.2, 0.25) is 0 Å². The van der Waals surface area contributed by atoms with Gasteiger partial charge >= 0.3 is 0 Å². The van der Waals surface area contributed by atoms with Crippen molar-refractivity contribution in [2.75, 3.05) is 0 Å². The van der Waals surface area contributed by atoms with E-state index in [1.165, 1.54) is 19.3 Å². The topological polar surface area (TPSA) is 22.4 Å². The molecule has 0 bridgehead atoms. The van der Waals surface area contributed by atoms with E-state index in [0.717, 1.165) is 11.7 Å². The van der Waals surface area contributed by atoms with Crippen LogP contribution in [0.15, 0.2) is 22.8 Å². The van der Waals surface area contributed by atoms with E-state index in [9.17, 15) is 0 Å². The molecule has 1 heterocycles. The first-order chi connectivity index (χ1) is 6.36. The quantitative estimate of drug-likeness (QED) is 0.713. The summed E-state index contributed by atoms with van der Waals surface area (Å²) in [5.41, 5.74) is 0. The zero-order valence-electron chi connectivity index (χ0n) is 8.03. The first kappa shape index (κ1) is 8.82. The molecule has 0 radical (unpaired) electrons. The lowest BCUT2D eigenvalue weighted by Gasteiger charge is -2.15. The molecule has 72 valence electrons. The van der Waals surface area contributed by atoms with Crippen LogP contribution < -0.4 is 0 Å². The van der Waals surface area contributed by atoms with Gasteiger partial charge in [0.1, 0.15) is 12.4 Å². The molecule has 1 saturated carbocycles. The van der Waals surface area contributed by atoms with Gasteiger partial charge in [-0.1, -0.05) is 13.3 Å². The van der Waals surface area contributed by atoms with E-state index in [4.69, 9.17) is 9.15 Å². The highest BCUT2D eigenvalue weighted by atomic mass is 16.5. The molecule has 1 aliphatic carbocycles. The monoisotopic (exact) mass is 180 g/mol. The lowest BCUT2D eigenvalue weighted by atomic mass is 10.1. The SMILES string of the molecule is CC1CCCC1OCc1ccco1. The zero-order valence-corrected chi connectivity index (χ0v) is 8.03. The molecular weight excluding hydrogens is 164 g/mol. The summed E-state index contributed by atoms with van der Waals surface area (Å²) in [6.45, 7) is 2.89. The molecular formula is C11H16O2. The van der Waals surface area contributed by atoms with Gasteiger partial charge in [-0.3, -0.25) is 0 Å². The second-order valence-corrected chi connectivity index (χ2v) is 3.84. The Labute approximate surface area is 78.9 Å². The molecule has 1 aromatic rings. The fraction of sp³-hybridized carbons (Fsp3) is 0.636. The second kappa shape index (κ2) is 3.97. The highest BCUT2D eigenvalue weighted by Crippen LogP contribution is 2.28. The molecule has 2 heteroatoms. The van der Waals surface area contributed by atoms with Gasteiger partial charge in [-0.2, -0.15) is 0 Å². The van der Waals surface area contributed by atoms with E-state index in [0.29, 0.717) is 12.7 Å². The summed E-state index contributed by atoms with van der Waals surface area (Å²) < 4.78 is 11.0. The smallest absolute Gasteiger partial charge is 0.129 e. The van der Waals surface area contributed by atoms with Gasteiger partial charge in [-0.25, -0.2) is 0 Å². The molecule has 0 spiro atoms. The molecule has 0 N–H and O–H groups in total. The van der Waals surface area contributed by atoms with E-state index < -0.39 is 0 Å². The van der Waals surface area contributed by atoms with Gasteiger partial charge in [0, 0.05) is 0 Å². The van der Waals surface area contributed by atoms with Gasteiger partial charge in [0.25, 0.3) is 0 Å². The molecule has 1 fully saturated rings. The Kier molecular flexibility index (Phi) is 2.69. The number of rotatable bonds is 3. The minimum atomic E-state index is 0.449. The Balaban J connectivity index is 1.79. The summed E-state index contributed by atoms with van der Waals surface area (Å²) >= 11 is 0. The largest absolute Gasteiger partial charge is 0.467 e. The second-order valence-electron chi connectivity index (χ2n) is 3.84. The normalized spacial score (nSPS) is 28.1. The van der Waals surface area contributed by atoms with E-state index in [1.807, 2.05) is 12.1 Å². The van der Waals surface area contributed by atoms with E-state index in [2.05, 4.69) is 6.92 Å². The standard InChI is InChI=1S/C11H16O2/c1-9-4-2-6-11(9)13-8-10-5-3-7-12-10/h3,5,7,9,11H,2,4,6,8H2,1H3. The Morgan fingerprint density at radius 1 is 1.54 bits per heavy atom. The van der Waals surface area contributed by atoms with Crippen LogP contribution in [0.4, 0.5) is 0 Å². The van der Waals surface area contributed by atoms with Crippen LogP contribution in [-0.2, 0) is 11.3 Å². The average molecular weight is 180 g/mol. The fourth-order valence-electron chi connectivity index (χ4n) is 1.94. The summed E-state index contributed by atoms with van der Waals surface area (Å²) in [5.74, 6) is 1.65. The van der Waals surface area contributed by atoms with Gasteiger partial charge in [-0.15, -0.1) is 0 Å². The Hall–Kier alpha value is -0.760. The molecule has 0 aliphatic heterocycles. The third-order valence-corrected chi connectivity index (χ3v) is 2.80. The van der Waals surface area contributed by atoms with E-state index >= 15 is 0 Å². The molecule has 0 aromatic carbocycles. The predicted octanol–water partition coefficient (Wildman–Crippen LogP) is 2.98. The van der Waals surface area contributed by atoms with Gasteiger partial charge < -0.3 is 9.15 Å². The summed E-state index contributed by atoms with van der Waals surface area (Å²) in [6.07, 6.45) is 5.97. The van der Waals surface area contributed by atoms with E-state index in [-0.39, 0.29) is 0 Å². The lowest BCUT2D eigenvalue weighted by Crippen LogP contribution is -2.15. The van der Waals surface area contributed by atoms with Crippen molar-refractivity contribution in [3.8, 4) is 0 Å². The third-order valence-electron chi connectivity index (χ3n) is 2.80. The molecule has 2 unspecified atom stereocenters. The maximum absolute atomic E-state index is 5.77. The van der Waals surface area contributed by atoms with Crippen molar-refractivity contribution in [2.24, 2.45) is 5.92 Å². The van der Waals surface area contributed by atoms with E-state index in [1.54, 1.807) is 6.26 Å². The lowest BCUT2D eigenvalue weighted by molar-refractivity contribution is 0.0122. The Morgan fingerprint density at radius 3 is 3.08 bits per heavy atom. The van der Waals surface area contributed by atoms with Crippen LogP contribution in [0, 0.1) is 5.92 Å². The molecule has 1 aromatic heterocycles. The first-order valence-electron chi connectivity index (χ1n) is 5.00. The molecule has 0 saturated heterocycles. The summed E-state index contributed by atoms with van der Waals surface area (Å²) in [5, 5.41) is 0. The van der Waals surface area contributed by atoms with Crippen LogP contribution in [0.25, 0.3) is 0 Å². The van der Waals surface area contributed by atoms with Crippen LogP contribution >= 0.6 is 0 Å². The highest BCUT2D eigenvalue weighted by Gasteiger charge is 2.23. The van der Waals surface area contributed by atoms with Gasteiger partial charge in [0.05, 0.1) is 12.4 Å². The van der Waals surface area contributed by atoms with Crippen molar-refractivity contribution < 1.29 is 9.15 Å². The Bertz CT molecular complexity index is 241. The number of hydrogen-bond acceptors (Lipinski definition) is 2. The predicted molar refractivity (Wildman–Crippen MR) is 50.3 cm³/mol. The molecule has 2 atom stereocenters. The molecule has 2 nitrogen and oxygen atoms in total. The maximum Gasteiger partial charge on any atom is 0.129 e. The zero-order chi connectivity index (χ0) is 9.10. The molecule has 0 amide bonds. The molecule has 13 heavy (non-hydrogen) atoms. The first-order valence-corrected chi connectivity index (χ1v) is 5.00. The molecule has 2 rings (SSSR count). The van der Waals surface area contributed by atoms with Crippen molar-refractivity contribution in [1.82, 2.24) is 0 Å². The van der Waals surface area contributed by atoms with Crippen molar-refractivity contribution in [1.29, 1.82) is 0 Å². The van der Waals surface area contributed by atoms with Gasteiger partial charge in [-0.05, 0) is 30.9 Å².